The minimum atomic E-state index is -0.121. The number of halogens is 2. The molecule has 2 aromatic carbocycles. The highest BCUT2D eigenvalue weighted by Crippen LogP contribution is 2.35. The molecule has 0 atom stereocenters. The summed E-state index contributed by atoms with van der Waals surface area (Å²) in [6.07, 6.45) is 1.74. The first-order valence-electron chi connectivity index (χ1n) is 8.35. The fraction of sp³-hybridized carbons (Fsp3) is 0.263. The Morgan fingerprint density at radius 3 is 2.73 bits per heavy atom. The van der Waals surface area contributed by atoms with Gasteiger partial charge in [0.1, 0.15) is 5.75 Å². The van der Waals surface area contributed by atoms with Crippen LogP contribution in [0.5, 0.6) is 5.75 Å². The van der Waals surface area contributed by atoms with E-state index >= 15 is 0 Å². The molecule has 0 unspecified atom stereocenters. The summed E-state index contributed by atoms with van der Waals surface area (Å²) >= 11 is 11.0. The number of carbonyl (C=O) groups is 1. The van der Waals surface area contributed by atoms with Crippen LogP contribution >= 0.6 is 38.9 Å². The van der Waals surface area contributed by atoms with Crippen molar-refractivity contribution in [2.75, 3.05) is 13.1 Å². The van der Waals surface area contributed by atoms with E-state index in [9.17, 15) is 9.90 Å². The highest BCUT2D eigenvalue weighted by Gasteiger charge is 2.27. The van der Waals surface area contributed by atoms with Crippen molar-refractivity contribution in [3.8, 4) is 5.75 Å². The summed E-state index contributed by atoms with van der Waals surface area (Å²) < 4.78 is 1.89. The summed E-state index contributed by atoms with van der Waals surface area (Å²) in [6, 6.07) is 10.8. The lowest BCUT2D eigenvalue weighted by Gasteiger charge is -2.31. The van der Waals surface area contributed by atoms with E-state index in [4.69, 9.17) is 16.6 Å². The average Bonchev–Trinajstić information content (AvgIpc) is 3.04. The first-order chi connectivity index (χ1) is 12.5. The number of hydrogen-bond donors (Lipinski definition) is 1. The van der Waals surface area contributed by atoms with Crippen LogP contribution < -0.4 is 0 Å². The number of aromatic hydroxyl groups is 1. The van der Waals surface area contributed by atoms with Gasteiger partial charge >= 0.3 is 0 Å². The number of benzene rings is 2. The van der Waals surface area contributed by atoms with Gasteiger partial charge in [0, 0.05) is 28.5 Å². The molecule has 1 amide bonds. The lowest BCUT2D eigenvalue weighted by atomic mass is 9.97. The topological polar surface area (TPSA) is 53.4 Å². The van der Waals surface area contributed by atoms with Gasteiger partial charge in [-0.2, -0.15) is 0 Å². The Hall–Kier alpha value is -1.63. The molecule has 1 aliphatic heterocycles. The average molecular weight is 452 g/mol. The number of phenols is 1. The van der Waals surface area contributed by atoms with Crippen molar-refractivity contribution in [2.24, 2.45) is 0 Å². The zero-order valence-corrected chi connectivity index (χ0v) is 16.9. The number of likely N-dealkylation sites (tertiary alicyclic amines) is 1. The van der Waals surface area contributed by atoms with E-state index in [1.54, 1.807) is 29.5 Å². The molecule has 0 bridgehead atoms. The van der Waals surface area contributed by atoms with E-state index in [0.717, 1.165) is 32.5 Å². The first kappa shape index (κ1) is 17.8. The normalized spacial score (nSPS) is 15.5. The van der Waals surface area contributed by atoms with E-state index in [-0.39, 0.29) is 11.7 Å². The predicted molar refractivity (Wildman–Crippen MR) is 108 cm³/mol. The third-order valence-corrected chi connectivity index (χ3v) is 6.61. The monoisotopic (exact) mass is 450 g/mol. The number of piperidine rings is 1. The minimum Gasteiger partial charge on any atom is -0.507 e. The fourth-order valence-electron chi connectivity index (χ4n) is 3.28. The number of nitrogens with zero attached hydrogens (tertiary/aromatic N) is 2. The largest absolute Gasteiger partial charge is 0.507 e. The van der Waals surface area contributed by atoms with Crippen molar-refractivity contribution in [1.29, 1.82) is 0 Å². The van der Waals surface area contributed by atoms with E-state index in [2.05, 4.69) is 15.9 Å². The van der Waals surface area contributed by atoms with Crippen LogP contribution in [0.25, 0.3) is 10.2 Å². The third-order valence-electron chi connectivity index (χ3n) is 4.69. The van der Waals surface area contributed by atoms with Crippen LogP contribution in [0.4, 0.5) is 0 Å². The second-order valence-corrected chi connectivity index (χ2v) is 8.81. The number of carbonyl (C=O) groups excluding carboxylic acids is 1. The number of phenolic OH excluding ortho intramolecular Hbond substituents is 1. The number of hydrogen-bond acceptors (Lipinski definition) is 4. The molecule has 0 saturated carbocycles. The van der Waals surface area contributed by atoms with Crippen LogP contribution in [0, 0.1) is 0 Å². The zero-order chi connectivity index (χ0) is 18.3. The first-order valence-corrected chi connectivity index (χ1v) is 10.3. The number of amides is 1. The summed E-state index contributed by atoms with van der Waals surface area (Å²) in [7, 11) is 0. The van der Waals surface area contributed by atoms with Gasteiger partial charge in [-0.1, -0.05) is 27.5 Å². The van der Waals surface area contributed by atoms with E-state index < -0.39 is 0 Å². The van der Waals surface area contributed by atoms with Crippen LogP contribution in [-0.4, -0.2) is 34.0 Å². The van der Waals surface area contributed by atoms with Crippen molar-refractivity contribution in [2.45, 2.75) is 18.8 Å². The second-order valence-electron chi connectivity index (χ2n) is 6.39. The van der Waals surface area contributed by atoms with Gasteiger partial charge < -0.3 is 10.0 Å². The maximum Gasteiger partial charge on any atom is 0.257 e. The molecule has 4 rings (SSSR count). The van der Waals surface area contributed by atoms with Gasteiger partial charge in [-0.15, -0.1) is 11.3 Å². The fourth-order valence-corrected chi connectivity index (χ4v) is 4.91. The third kappa shape index (κ3) is 3.46. The van der Waals surface area contributed by atoms with Gasteiger partial charge in [0.2, 0.25) is 0 Å². The molecule has 3 aromatic rings. The maximum atomic E-state index is 12.7. The van der Waals surface area contributed by atoms with Crippen molar-refractivity contribution in [3.63, 3.8) is 0 Å². The van der Waals surface area contributed by atoms with Gasteiger partial charge in [0.15, 0.2) is 0 Å². The van der Waals surface area contributed by atoms with Crippen molar-refractivity contribution >= 4 is 55.0 Å². The standard InChI is InChI=1S/C19H16BrClN2O2S/c20-12-1-3-14(16(24)9-12)19(25)23-7-5-11(6-8-23)18-22-15-10-13(21)2-4-17(15)26-18/h1-4,9-11,24H,5-8H2. The highest BCUT2D eigenvalue weighted by molar-refractivity contribution is 9.10. The van der Waals surface area contributed by atoms with Gasteiger partial charge in [-0.3, -0.25) is 4.79 Å². The molecule has 7 heteroatoms. The molecular weight excluding hydrogens is 436 g/mol. The Morgan fingerprint density at radius 2 is 2.00 bits per heavy atom. The molecule has 4 nitrogen and oxygen atoms in total. The molecule has 0 spiro atoms. The second kappa shape index (κ2) is 7.18. The number of rotatable bonds is 2. The molecule has 1 aliphatic rings. The predicted octanol–water partition coefficient (Wildman–Crippen LogP) is 5.44. The number of fused-ring (bicyclic) bond motifs is 1. The quantitative estimate of drug-likeness (QED) is 0.564. The lowest BCUT2D eigenvalue weighted by molar-refractivity contribution is 0.0710. The van der Waals surface area contributed by atoms with Gasteiger partial charge in [0.25, 0.3) is 5.91 Å². The summed E-state index contributed by atoms with van der Waals surface area (Å²) in [5, 5.41) is 11.8. The molecule has 2 heterocycles. The molecule has 0 aliphatic carbocycles. The Bertz CT molecular complexity index is 983. The van der Waals surface area contributed by atoms with E-state index in [1.165, 1.54) is 0 Å². The van der Waals surface area contributed by atoms with Crippen LogP contribution in [0.1, 0.15) is 34.1 Å². The molecule has 1 fully saturated rings. The van der Waals surface area contributed by atoms with Crippen LogP contribution in [0.15, 0.2) is 40.9 Å². The van der Waals surface area contributed by atoms with Gasteiger partial charge in [0.05, 0.1) is 20.8 Å². The molecule has 1 N–H and O–H groups in total. The van der Waals surface area contributed by atoms with Crippen LogP contribution in [0.2, 0.25) is 5.02 Å². The molecular formula is C19H16BrClN2O2S. The summed E-state index contributed by atoms with van der Waals surface area (Å²) in [5.41, 5.74) is 1.29. The van der Waals surface area contributed by atoms with Gasteiger partial charge in [-0.25, -0.2) is 4.98 Å². The summed E-state index contributed by atoms with van der Waals surface area (Å²) in [4.78, 5) is 19.2. The summed E-state index contributed by atoms with van der Waals surface area (Å²) in [5.74, 6) is 0.243. The van der Waals surface area contributed by atoms with Crippen LogP contribution in [0.3, 0.4) is 0 Å². The smallest absolute Gasteiger partial charge is 0.257 e. The number of thiazole rings is 1. The Balaban J connectivity index is 1.47. The van der Waals surface area contributed by atoms with Crippen molar-refractivity contribution < 1.29 is 9.90 Å². The van der Waals surface area contributed by atoms with Gasteiger partial charge in [-0.05, 0) is 49.2 Å². The number of aromatic nitrogens is 1. The van der Waals surface area contributed by atoms with Crippen molar-refractivity contribution in [3.05, 3.63) is 56.5 Å². The SMILES string of the molecule is O=C(c1ccc(Br)cc1O)N1CCC(c2nc3cc(Cl)ccc3s2)CC1. The van der Waals surface area contributed by atoms with Crippen molar-refractivity contribution in [1.82, 2.24) is 9.88 Å². The Kier molecular flexibility index (Phi) is 4.90. The van der Waals surface area contributed by atoms with E-state index in [1.807, 2.05) is 23.1 Å². The zero-order valence-electron chi connectivity index (χ0n) is 13.8. The Morgan fingerprint density at radius 1 is 1.23 bits per heavy atom. The Labute approximate surface area is 168 Å². The summed E-state index contributed by atoms with van der Waals surface area (Å²) in [6.45, 7) is 1.32. The molecule has 1 saturated heterocycles. The van der Waals surface area contributed by atoms with Crippen LogP contribution in [-0.2, 0) is 0 Å². The molecule has 134 valence electrons. The minimum absolute atomic E-state index is 0.00884. The lowest BCUT2D eigenvalue weighted by Crippen LogP contribution is -2.37. The van der Waals surface area contributed by atoms with E-state index in [0.29, 0.717) is 29.6 Å². The maximum absolute atomic E-state index is 12.7. The molecule has 26 heavy (non-hydrogen) atoms. The highest BCUT2D eigenvalue weighted by atomic mass is 79.9. The molecule has 0 radical (unpaired) electrons. The molecule has 1 aromatic heterocycles.